The van der Waals surface area contributed by atoms with Gasteiger partial charge in [0.1, 0.15) is 0 Å². The zero-order valence-corrected chi connectivity index (χ0v) is 10.3. The normalized spacial score (nSPS) is 10.1. The molecule has 1 amide bonds. The van der Waals surface area contributed by atoms with Crippen molar-refractivity contribution in [2.45, 2.75) is 6.54 Å². The van der Waals surface area contributed by atoms with Crippen LogP contribution in [0.3, 0.4) is 0 Å². The van der Waals surface area contributed by atoms with E-state index in [2.05, 4.69) is 10.6 Å². The Morgan fingerprint density at radius 2 is 1.67 bits per heavy atom. The van der Waals surface area contributed by atoms with E-state index < -0.39 is 0 Å². The number of nitrogens with one attached hydrogen (secondary N) is 2. The van der Waals surface area contributed by atoms with Crippen molar-refractivity contribution in [1.29, 1.82) is 0 Å². The van der Waals surface area contributed by atoms with Gasteiger partial charge >= 0.3 is 0 Å². The number of hydrogen-bond donors (Lipinski definition) is 2. The van der Waals surface area contributed by atoms with Crippen LogP contribution in [0.5, 0.6) is 0 Å². The van der Waals surface area contributed by atoms with Gasteiger partial charge in [0.05, 0.1) is 0 Å². The van der Waals surface area contributed by atoms with Crippen LogP contribution in [0.25, 0.3) is 0 Å². The van der Waals surface area contributed by atoms with Crippen molar-refractivity contribution in [3.8, 4) is 0 Å². The van der Waals surface area contributed by atoms with Gasteiger partial charge in [0, 0.05) is 17.8 Å². The molecule has 18 heavy (non-hydrogen) atoms. The van der Waals surface area contributed by atoms with Gasteiger partial charge < -0.3 is 10.6 Å². The van der Waals surface area contributed by atoms with E-state index in [0.29, 0.717) is 5.56 Å². The first-order valence-corrected chi connectivity index (χ1v) is 5.89. The van der Waals surface area contributed by atoms with Crippen molar-refractivity contribution in [3.05, 3.63) is 65.7 Å². The summed E-state index contributed by atoms with van der Waals surface area (Å²) in [5.41, 5.74) is 2.66. The van der Waals surface area contributed by atoms with Crippen LogP contribution in [0.4, 0.5) is 5.69 Å². The Kier molecular flexibility index (Phi) is 4.10. The second-order valence-electron chi connectivity index (χ2n) is 4.05. The minimum Gasteiger partial charge on any atom is -0.322 e. The van der Waals surface area contributed by atoms with E-state index in [0.717, 1.165) is 12.2 Å². The standard InChI is InChI=1S/C15H16N2O/c1-16-11-12-7-9-14(10-8-12)17-15(18)13-5-3-2-4-6-13/h2-10,16H,11H2,1H3,(H,17,18). The van der Waals surface area contributed by atoms with Gasteiger partial charge in [-0.3, -0.25) is 4.79 Å². The zero-order chi connectivity index (χ0) is 12.8. The number of carbonyl (C=O) groups is 1. The molecule has 0 radical (unpaired) electrons. The highest BCUT2D eigenvalue weighted by atomic mass is 16.1. The van der Waals surface area contributed by atoms with Gasteiger partial charge in [-0.2, -0.15) is 0 Å². The zero-order valence-electron chi connectivity index (χ0n) is 10.3. The molecule has 92 valence electrons. The second-order valence-corrected chi connectivity index (χ2v) is 4.05. The highest BCUT2D eigenvalue weighted by Crippen LogP contribution is 2.11. The average Bonchev–Trinajstić information content (AvgIpc) is 2.42. The van der Waals surface area contributed by atoms with E-state index >= 15 is 0 Å². The molecular weight excluding hydrogens is 224 g/mol. The lowest BCUT2D eigenvalue weighted by Crippen LogP contribution is -2.11. The first kappa shape index (κ1) is 12.3. The Labute approximate surface area is 107 Å². The number of benzene rings is 2. The van der Waals surface area contributed by atoms with E-state index in [-0.39, 0.29) is 5.91 Å². The summed E-state index contributed by atoms with van der Waals surface area (Å²) in [6.07, 6.45) is 0. The van der Waals surface area contributed by atoms with Crippen LogP contribution < -0.4 is 10.6 Å². The fourth-order valence-corrected chi connectivity index (χ4v) is 1.70. The molecule has 2 rings (SSSR count). The molecule has 2 aromatic rings. The predicted octanol–water partition coefficient (Wildman–Crippen LogP) is 2.66. The van der Waals surface area contributed by atoms with Gasteiger partial charge in [-0.15, -0.1) is 0 Å². The molecule has 0 aromatic heterocycles. The molecule has 0 aliphatic carbocycles. The third-order valence-corrected chi connectivity index (χ3v) is 2.63. The van der Waals surface area contributed by atoms with Crippen LogP contribution in [0, 0.1) is 0 Å². The Bertz CT molecular complexity index is 506. The maximum Gasteiger partial charge on any atom is 0.255 e. The Balaban J connectivity index is 2.03. The lowest BCUT2D eigenvalue weighted by molar-refractivity contribution is 0.102. The molecule has 0 bridgehead atoms. The van der Waals surface area contributed by atoms with Crippen molar-refractivity contribution in [3.63, 3.8) is 0 Å². The largest absolute Gasteiger partial charge is 0.322 e. The molecule has 2 N–H and O–H groups in total. The molecular formula is C15H16N2O. The minimum absolute atomic E-state index is 0.0861. The molecule has 0 fully saturated rings. The highest BCUT2D eigenvalue weighted by Gasteiger charge is 2.04. The van der Waals surface area contributed by atoms with Gasteiger partial charge in [0.2, 0.25) is 0 Å². The summed E-state index contributed by atoms with van der Waals surface area (Å²) >= 11 is 0. The van der Waals surface area contributed by atoms with E-state index in [1.165, 1.54) is 5.56 Å². The Hall–Kier alpha value is -2.13. The lowest BCUT2D eigenvalue weighted by Gasteiger charge is -2.06. The number of anilines is 1. The van der Waals surface area contributed by atoms with Crippen LogP contribution in [-0.2, 0) is 6.54 Å². The molecule has 3 nitrogen and oxygen atoms in total. The van der Waals surface area contributed by atoms with Gasteiger partial charge in [-0.1, -0.05) is 30.3 Å². The molecule has 0 saturated carbocycles. The van der Waals surface area contributed by atoms with Crippen LogP contribution >= 0.6 is 0 Å². The van der Waals surface area contributed by atoms with Crippen LogP contribution in [-0.4, -0.2) is 13.0 Å². The lowest BCUT2D eigenvalue weighted by atomic mass is 10.2. The van der Waals surface area contributed by atoms with E-state index in [1.807, 2.05) is 49.5 Å². The van der Waals surface area contributed by atoms with Crippen LogP contribution in [0.2, 0.25) is 0 Å². The second kappa shape index (κ2) is 5.98. The van der Waals surface area contributed by atoms with Crippen molar-refractivity contribution in [2.75, 3.05) is 12.4 Å². The van der Waals surface area contributed by atoms with Crippen molar-refractivity contribution >= 4 is 11.6 Å². The molecule has 2 aromatic carbocycles. The summed E-state index contributed by atoms with van der Waals surface area (Å²) in [5, 5.41) is 5.95. The number of amides is 1. The van der Waals surface area contributed by atoms with Gasteiger partial charge in [0.15, 0.2) is 0 Å². The number of hydrogen-bond acceptors (Lipinski definition) is 2. The van der Waals surface area contributed by atoms with Crippen LogP contribution in [0.15, 0.2) is 54.6 Å². The monoisotopic (exact) mass is 240 g/mol. The molecule has 0 aliphatic rings. The van der Waals surface area contributed by atoms with Crippen LogP contribution in [0.1, 0.15) is 15.9 Å². The minimum atomic E-state index is -0.0861. The Morgan fingerprint density at radius 1 is 1.00 bits per heavy atom. The maximum atomic E-state index is 11.9. The van der Waals surface area contributed by atoms with E-state index in [4.69, 9.17) is 0 Å². The topological polar surface area (TPSA) is 41.1 Å². The van der Waals surface area contributed by atoms with E-state index in [9.17, 15) is 4.79 Å². The molecule has 0 aliphatic heterocycles. The maximum absolute atomic E-state index is 11.9. The van der Waals surface area contributed by atoms with E-state index in [1.54, 1.807) is 12.1 Å². The van der Waals surface area contributed by atoms with Gasteiger partial charge in [0.25, 0.3) is 5.91 Å². The fourth-order valence-electron chi connectivity index (χ4n) is 1.70. The molecule has 0 unspecified atom stereocenters. The SMILES string of the molecule is CNCc1ccc(NC(=O)c2ccccc2)cc1. The molecule has 0 saturated heterocycles. The number of carbonyl (C=O) groups excluding carboxylic acids is 1. The first-order chi connectivity index (χ1) is 8.79. The smallest absolute Gasteiger partial charge is 0.255 e. The third kappa shape index (κ3) is 3.18. The first-order valence-electron chi connectivity index (χ1n) is 5.89. The quantitative estimate of drug-likeness (QED) is 0.862. The summed E-state index contributed by atoms with van der Waals surface area (Å²) in [7, 11) is 1.91. The van der Waals surface area contributed by atoms with Gasteiger partial charge in [-0.25, -0.2) is 0 Å². The molecule has 3 heteroatoms. The predicted molar refractivity (Wildman–Crippen MR) is 73.6 cm³/mol. The van der Waals surface area contributed by atoms with Crippen molar-refractivity contribution < 1.29 is 4.79 Å². The van der Waals surface area contributed by atoms with Crippen molar-refractivity contribution in [2.24, 2.45) is 0 Å². The third-order valence-electron chi connectivity index (χ3n) is 2.63. The van der Waals surface area contributed by atoms with Gasteiger partial charge in [-0.05, 0) is 36.9 Å². The summed E-state index contributed by atoms with van der Waals surface area (Å²) < 4.78 is 0. The summed E-state index contributed by atoms with van der Waals surface area (Å²) in [4.78, 5) is 11.9. The fraction of sp³-hybridized carbons (Fsp3) is 0.133. The molecule has 0 atom stereocenters. The molecule has 0 heterocycles. The average molecular weight is 240 g/mol. The highest BCUT2D eigenvalue weighted by molar-refractivity contribution is 6.04. The molecule has 0 spiro atoms. The van der Waals surface area contributed by atoms with Crippen molar-refractivity contribution in [1.82, 2.24) is 5.32 Å². The summed E-state index contributed by atoms with van der Waals surface area (Å²) in [5.74, 6) is -0.0861. The number of rotatable bonds is 4. The summed E-state index contributed by atoms with van der Waals surface area (Å²) in [6.45, 7) is 0.826. The Morgan fingerprint density at radius 3 is 2.28 bits per heavy atom. The summed E-state index contributed by atoms with van der Waals surface area (Å²) in [6, 6.07) is 17.0.